The highest BCUT2D eigenvalue weighted by Crippen LogP contribution is 2.29. The Kier molecular flexibility index (Phi) is 4.15. The number of esters is 1. The minimum absolute atomic E-state index is 0.211. The van der Waals surface area contributed by atoms with Crippen molar-refractivity contribution in [3.05, 3.63) is 26.6 Å². The van der Waals surface area contributed by atoms with Crippen molar-refractivity contribution in [1.82, 2.24) is 9.97 Å². The second-order valence-corrected chi connectivity index (χ2v) is 6.41. The molecule has 0 aliphatic heterocycles. The van der Waals surface area contributed by atoms with Crippen LogP contribution in [-0.2, 0) is 4.74 Å². The molecule has 0 fully saturated rings. The average Bonchev–Trinajstić information content (AvgIpc) is 2.66. The van der Waals surface area contributed by atoms with E-state index in [9.17, 15) is 9.59 Å². The van der Waals surface area contributed by atoms with Crippen molar-refractivity contribution in [2.24, 2.45) is 0 Å². The molecule has 0 bridgehead atoms. The first-order valence-electron chi connectivity index (χ1n) is 6.19. The van der Waals surface area contributed by atoms with E-state index < -0.39 is 11.3 Å². The zero-order valence-electron chi connectivity index (χ0n) is 11.6. The lowest BCUT2D eigenvalue weighted by Crippen LogP contribution is -2.13. The number of fused-ring (bicyclic) bond motifs is 1. The number of aryl methyl sites for hydroxylation is 1. The number of rotatable bonds is 3. The number of halogens is 1. The summed E-state index contributed by atoms with van der Waals surface area (Å²) in [5.74, 6) is -0.0328. The number of ether oxygens (including phenoxy) is 1. The van der Waals surface area contributed by atoms with Crippen molar-refractivity contribution in [2.45, 2.75) is 39.2 Å². The minimum Gasteiger partial charge on any atom is -0.459 e. The standard InChI is InChI=1S/C13H15ClN2O3S/c1-5(2)19-13(18)9-6(3)8-11(17)15-10(7(4)14)16-12(8)20-9/h5,7H,1-4H3,(H,15,16,17). The molecule has 0 aromatic carbocycles. The molecule has 5 nitrogen and oxygen atoms in total. The maximum absolute atomic E-state index is 12.1. The van der Waals surface area contributed by atoms with Crippen molar-refractivity contribution in [3.63, 3.8) is 0 Å². The number of H-pyrrole nitrogens is 1. The SMILES string of the molecule is Cc1c(C(=O)OC(C)C)sc2nc(C(C)Cl)[nH]c(=O)c12. The van der Waals surface area contributed by atoms with E-state index in [4.69, 9.17) is 16.3 Å². The number of nitrogens with one attached hydrogen (secondary N) is 1. The average molecular weight is 315 g/mol. The van der Waals surface area contributed by atoms with Gasteiger partial charge in [0.2, 0.25) is 0 Å². The molecule has 2 heterocycles. The highest BCUT2D eigenvalue weighted by atomic mass is 35.5. The molecule has 1 atom stereocenters. The van der Waals surface area contributed by atoms with Crippen LogP contribution in [0.5, 0.6) is 0 Å². The maximum atomic E-state index is 12.1. The third-order valence-electron chi connectivity index (χ3n) is 2.72. The number of aromatic amines is 1. The van der Waals surface area contributed by atoms with E-state index in [1.807, 2.05) is 0 Å². The van der Waals surface area contributed by atoms with Gasteiger partial charge in [0, 0.05) is 0 Å². The number of carbonyl (C=O) groups excluding carboxylic acids is 1. The summed E-state index contributed by atoms with van der Waals surface area (Å²) in [4.78, 5) is 31.9. The van der Waals surface area contributed by atoms with Gasteiger partial charge >= 0.3 is 5.97 Å². The van der Waals surface area contributed by atoms with Gasteiger partial charge in [-0.3, -0.25) is 4.79 Å². The Bertz CT molecular complexity index is 718. The summed E-state index contributed by atoms with van der Waals surface area (Å²) < 4.78 is 5.17. The zero-order chi connectivity index (χ0) is 15.0. The van der Waals surface area contributed by atoms with Gasteiger partial charge in [0.05, 0.1) is 16.9 Å². The Labute approximate surface area is 124 Å². The number of alkyl halides is 1. The number of hydrogen-bond donors (Lipinski definition) is 1. The predicted octanol–water partition coefficient (Wildman–Crippen LogP) is 3.16. The second-order valence-electron chi connectivity index (χ2n) is 4.76. The summed E-state index contributed by atoms with van der Waals surface area (Å²) in [5.41, 5.74) is 0.313. The van der Waals surface area contributed by atoms with E-state index in [2.05, 4.69) is 9.97 Å². The number of hydrogen-bond acceptors (Lipinski definition) is 5. The monoisotopic (exact) mass is 314 g/mol. The van der Waals surface area contributed by atoms with E-state index >= 15 is 0 Å². The predicted molar refractivity (Wildman–Crippen MR) is 79.8 cm³/mol. The van der Waals surface area contributed by atoms with Crippen LogP contribution in [0.4, 0.5) is 0 Å². The quantitative estimate of drug-likeness (QED) is 0.697. The van der Waals surface area contributed by atoms with Crippen molar-refractivity contribution < 1.29 is 9.53 Å². The summed E-state index contributed by atoms with van der Waals surface area (Å²) in [5, 5.41) is 0.0207. The molecule has 0 amide bonds. The van der Waals surface area contributed by atoms with Crippen LogP contribution in [0, 0.1) is 6.92 Å². The molecule has 0 spiro atoms. The molecule has 1 N–H and O–H groups in total. The highest BCUT2D eigenvalue weighted by Gasteiger charge is 2.21. The minimum atomic E-state index is -0.430. The van der Waals surface area contributed by atoms with Crippen LogP contribution in [0.15, 0.2) is 4.79 Å². The van der Waals surface area contributed by atoms with Crippen molar-refractivity contribution in [1.29, 1.82) is 0 Å². The lowest BCUT2D eigenvalue weighted by molar-refractivity contribution is 0.0383. The van der Waals surface area contributed by atoms with Gasteiger partial charge in [0.15, 0.2) is 0 Å². The lowest BCUT2D eigenvalue weighted by atomic mass is 10.2. The highest BCUT2D eigenvalue weighted by molar-refractivity contribution is 7.20. The van der Waals surface area contributed by atoms with Crippen LogP contribution in [0.2, 0.25) is 0 Å². The molecule has 1 unspecified atom stereocenters. The van der Waals surface area contributed by atoms with Gasteiger partial charge in [0.1, 0.15) is 15.5 Å². The molecule has 2 aromatic heterocycles. The maximum Gasteiger partial charge on any atom is 0.348 e. The molecule has 0 aliphatic carbocycles. The van der Waals surface area contributed by atoms with Crippen molar-refractivity contribution in [3.8, 4) is 0 Å². The molecule has 0 saturated heterocycles. The zero-order valence-corrected chi connectivity index (χ0v) is 13.2. The molecule has 2 rings (SSSR count). The normalized spacial score (nSPS) is 12.9. The molecule has 20 heavy (non-hydrogen) atoms. The third-order valence-corrected chi connectivity index (χ3v) is 4.10. The van der Waals surface area contributed by atoms with Gasteiger partial charge in [-0.25, -0.2) is 9.78 Å². The Balaban J connectivity index is 2.60. The van der Waals surface area contributed by atoms with Crippen LogP contribution in [0.3, 0.4) is 0 Å². The first-order valence-corrected chi connectivity index (χ1v) is 7.45. The van der Waals surface area contributed by atoms with Gasteiger partial charge in [-0.15, -0.1) is 22.9 Å². The number of nitrogens with zero attached hydrogens (tertiary/aromatic N) is 1. The van der Waals surface area contributed by atoms with Crippen LogP contribution < -0.4 is 5.56 Å². The molecule has 108 valence electrons. The summed E-state index contributed by atoms with van der Waals surface area (Å²) in [6, 6.07) is 0. The van der Waals surface area contributed by atoms with Crippen molar-refractivity contribution in [2.75, 3.05) is 0 Å². The summed E-state index contributed by atoms with van der Waals surface area (Å²) in [6.07, 6.45) is -0.211. The number of aromatic nitrogens is 2. The van der Waals surface area contributed by atoms with Gasteiger partial charge in [-0.2, -0.15) is 0 Å². The second kappa shape index (κ2) is 5.54. The molecule has 7 heteroatoms. The fourth-order valence-corrected chi connectivity index (χ4v) is 2.99. The van der Waals surface area contributed by atoms with Gasteiger partial charge in [-0.1, -0.05) is 0 Å². The van der Waals surface area contributed by atoms with E-state index in [1.54, 1.807) is 27.7 Å². The summed E-state index contributed by atoms with van der Waals surface area (Å²) in [6.45, 7) is 6.99. The van der Waals surface area contributed by atoms with E-state index in [0.717, 1.165) is 11.3 Å². The number of thiophene rings is 1. The molecular weight excluding hydrogens is 300 g/mol. The third kappa shape index (κ3) is 2.71. The van der Waals surface area contributed by atoms with Gasteiger partial charge in [0.25, 0.3) is 5.56 Å². The first-order chi connectivity index (χ1) is 9.31. The summed E-state index contributed by atoms with van der Waals surface area (Å²) >= 11 is 7.09. The summed E-state index contributed by atoms with van der Waals surface area (Å²) in [7, 11) is 0. The molecule has 0 saturated carbocycles. The Morgan fingerprint density at radius 2 is 2.05 bits per heavy atom. The Hall–Kier alpha value is -1.40. The van der Waals surface area contributed by atoms with Crippen LogP contribution in [0.25, 0.3) is 10.2 Å². The van der Waals surface area contributed by atoms with Gasteiger partial charge in [-0.05, 0) is 33.3 Å². The molecular formula is C13H15ClN2O3S. The van der Waals surface area contributed by atoms with E-state index in [-0.39, 0.29) is 11.7 Å². The van der Waals surface area contributed by atoms with Crippen LogP contribution >= 0.6 is 22.9 Å². The fourth-order valence-electron chi connectivity index (χ4n) is 1.81. The van der Waals surface area contributed by atoms with Gasteiger partial charge < -0.3 is 9.72 Å². The van der Waals surface area contributed by atoms with E-state index in [1.165, 1.54) is 0 Å². The van der Waals surface area contributed by atoms with Crippen molar-refractivity contribution >= 4 is 39.1 Å². The smallest absolute Gasteiger partial charge is 0.348 e. The molecule has 2 aromatic rings. The fraction of sp³-hybridized carbons (Fsp3) is 0.462. The lowest BCUT2D eigenvalue weighted by Gasteiger charge is -2.06. The molecule has 0 aliphatic rings. The van der Waals surface area contributed by atoms with Crippen LogP contribution in [0.1, 0.15) is 47.2 Å². The number of carbonyl (C=O) groups is 1. The first kappa shape index (κ1) is 15.0. The molecule has 0 radical (unpaired) electrons. The Morgan fingerprint density at radius 3 is 2.60 bits per heavy atom. The topological polar surface area (TPSA) is 72.0 Å². The Morgan fingerprint density at radius 1 is 1.40 bits per heavy atom. The van der Waals surface area contributed by atoms with E-state index in [0.29, 0.717) is 26.5 Å². The van der Waals surface area contributed by atoms with Crippen LogP contribution in [-0.4, -0.2) is 22.0 Å². The largest absolute Gasteiger partial charge is 0.459 e.